The van der Waals surface area contributed by atoms with Gasteiger partial charge in [0.15, 0.2) is 0 Å². The van der Waals surface area contributed by atoms with Crippen molar-refractivity contribution in [3.63, 3.8) is 0 Å². The fourth-order valence-electron chi connectivity index (χ4n) is 1.32. The van der Waals surface area contributed by atoms with Crippen LogP contribution in [0.2, 0.25) is 0 Å². The van der Waals surface area contributed by atoms with E-state index in [1.54, 1.807) is 12.1 Å². The monoisotopic (exact) mass is 415 g/mol. The van der Waals surface area contributed by atoms with E-state index in [1.807, 2.05) is 0 Å². The molecule has 0 heterocycles. The molecule has 2 N–H and O–H groups in total. The summed E-state index contributed by atoms with van der Waals surface area (Å²) in [7, 11) is -3.52. The van der Waals surface area contributed by atoms with Crippen LogP contribution in [0.3, 0.4) is 0 Å². The average molecular weight is 417 g/mol. The van der Waals surface area contributed by atoms with E-state index in [0.29, 0.717) is 17.5 Å². The maximum atomic E-state index is 12.0. The van der Waals surface area contributed by atoms with Crippen LogP contribution in [-0.4, -0.2) is 39.9 Å². The molecule has 0 saturated heterocycles. The molecule has 0 fully saturated rings. The predicted octanol–water partition coefficient (Wildman–Crippen LogP) is 1.89. The summed E-state index contributed by atoms with van der Waals surface area (Å²) in [5.41, 5.74) is 0. The highest BCUT2D eigenvalue weighted by Crippen LogP contribution is 2.25. The van der Waals surface area contributed by atoms with Crippen molar-refractivity contribution in [2.75, 3.05) is 26.4 Å². The lowest BCUT2D eigenvalue weighted by molar-refractivity contribution is 0.0913. The molecule has 0 spiro atoms. The third kappa shape index (κ3) is 5.88. The van der Waals surface area contributed by atoms with Crippen LogP contribution in [0.1, 0.15) is 6.42 Å². The number of aliphatic hydroxyl groups is 1. The molecule has 1 aromatic carbocycles. The number of nitrogens with one attached hydrogen (secondary N) is 1. The molecule has 0 aliphatic heterocycles. The number of aliphatic hydroxyl groups excluding tert-OH is 1. The molecule has 0 saturated carbocycles. The number of rotatable bonds is 8. The second kappa shape index (κ2) is 8.33. The second-order valence-corrected chi connectivity index (χ2v) is 7.17. The number of benzene rings is 1. The first-order valence-electron chi connectivity index (χ1n) is 5.60. The molecular formula is C11H15Br2NO4S. The minimum absolute atomic E-state index is 0.0302. The van der Waals surface area contributed by atoms with Crippen molar-refractivity contribution in [3.8, 4) is 0 Å². The maximum Gasteiger partial charge on any atom is 0.241 e. The Labute approximate surface area is 129 Å². The standard InChI is InChI=1S/C11H15Br2NO4S/c12-9-2-3-11(10(13)8-9)19(16,17)14-4-1-6-18-7-5-15/h2-3,8,14-15H,1,4-7H2. The molecule has 0 aromatic heterocycles. The third-order valence-corrected chi connectivity index (χ3v) is 5.11. The van der Waals surface area contributed by atoms with E-state index < -0.39 is 10.0 Å². The van der Waals surface area contributed by atoms with Crippen LogP contribution in [0.5, 0.6) is 0 Å². The maximum absolute atomic E-state index is 12.0. The summed E-state index contributed by atoms with van der Waals surface area (Å²) < 4.78 is 32.9. The Morgan fingerprint density at radius 2 is 2.00 bits per heavy atom. The first kappa shape index (κ1) is 17.1. The zero-order valence-corrected chi connectivity index (χ0v) is 14.1. The third-order valence-electron chi connectivity index (χ3n) is 2.18. The minimum Gasteiger partial charge on any atom is -0.394 e. The van der Waals surface area contributed by atoms with Crippen LogP contribution >= 0.6 is 31.9 Å². The zero-order valence-electron chi connectivity index (χ0n) is 10.1. The van der Waals surface area contributed by atoms with Crippen molar-refractivity contribution >= 4 is 41.9 Å². The van der Waals surface area contributed by atoms with Crippen LogP contribution in [-0.2, 0) is 14.8 Å². The molecule has 108 valence electrons. The van der Waals surface area contributed by atoms with E-state index in [-0.39, 0.29) is 24.7 Å². The van der Waals surface area contributed by atoms with Gasteiger partial charge in [0.1, 0.15) is 0 Å². The summed E-state index contributed by atoms with van der Waals surface area (Å²) in [5, 5.41) is 8.51. The number of halogens is 2. The fourth-order valence-corrected chi connectivity index (χ4v) is 4.14. The quantitative estimate of drug-likeness (QED) is 0.634. The summed E-state index contributed by atoms with van der Waals surface area (Å²) in [4.78, 5) is 0.201. The van der Waals surface area contributed by atoms with Crippen LogP contribution in [0, 0.1) is 0 Å². The van der Waals surface area contributed by atoms with E-state index in [1.165, 1.54) is 6.07 Å². The van der Waals surface area contributed by atoms with Crippen molar-refractivity contribution < 1.29 is 18.3 Å². The molecule has 0 bridgehead atoms. The molecule has 0 unspecified atom stereocenters. The van der Waals surface area contributed by atoms with Crippen LogP contribution in [0.15, 0.2) is 32.0 Å². The van der Waals surface area contributed by atoms with E-state index in [0.717, 1.165) is 4.47 Å². The van der Waals surface area contributed by atoms with Crippen LogP contribution in [0.4, 0.5) is 0 Å². The predicted molar refractivity (Wildman–Crippen MR) is 79.6 cm³/mol. The van der Waals surface area contributed by atoms with E-state index in [9.17, 15) is 8.42 Å². The lowest BCUT2D eigenvalue weighted by Crippen LogP contribution is -2.26. The lowest BCUT2D eigenvalue weighted by atomic mass is 10.4. The van der Waals surface area contributed by atoms with Gasteiger partial charge in [-0.25, -0.2) is 13.1 Å². The fraction of sp³-hybridized carbons (Fsp3) is 0.455. The second-order valence-electron chi connectivity index (χ2n) is 3.66. The highest BCUT2D eigenvalue weighted by Gasteiger charge is 2.16. The number of sulfonamides is 1. The molecule has 1 rings (SSSR count). The van der Waals surface area contributed by atoms with Gasteiger partial charge in [-0.2, -0.15) is 0 Å². The number of hydrogen-bond donors (Lipinski definition) is 2. The van der Waals surface area contributed by atoms with Gasteiger partial charge in [0.2, 0.25) is 10.0 Å². The Bertz CT molecular complexity index is 507. The average Bonchev–Trinajstić information content (AvgIpc) is 2.33. The summed E-state index contributed by atoms with van der Waals surface area (Å²) in [6.45, 7) is 0.934. The highest BCUT2D eigenvalue weighted by atomic mass is 79.9. The molecule has 5 nitrogen and oxygen atoms in total. The molecule has 0 atom stereocenters. The van der Waals surface area contributed by atoms with Crippen molar-refractivity contribution in [2.24, 2.45) is 0 Å². The number of hydrogen-bond acceptors (Lipinski definition) is 4. The van der Waals surface area contributed by atoms with Gasteiger partial charge in [0, 0.05) is 22.1 Å². The van der Waals surface area contributed by atoms with Crippen LogP contribution < -0.4 is 4.72 Å². The molecule has 0 amide bonds. The first-order chi connectivity index (χ1) is 8.97. The number of ether oxygens (including phenoxy) is 1. The van der Waals surface area contributed by atoms with Gasteiger partial charge in [-0.15, -0.1) is 0 Å². The van der Waals surface area contributed by atoms with Gasteiger partial charge < -0.3 is 9.84 Å². The van der Waals surface area contributed by atoms with Gasteiger partial charge in [-0.3, -0.25) is 0 Å². The van der Waals surface area contributed by atoms with E-state index in [4.69, 9.17) is 9.84 Å². The molecule has 0 aliphatic carbocycles. The Balaban J connectivity index is 2.52. The van der Waals surface area contributed by atoms with Gasteiger partial charge >= 0.3 is 0 Å². The Morgan fingerprint density at radius 3 is 2.63 bits per heavy atom. The summed E-state index contributed by atoms with van der Waals surface area (Å²) in [6, 6.07) is 4.88. The van der Waals surface area contributed by atoms with Crippen molar-refractivity contribution in [3.05, 3.63) is 27.1 Å². The minimum atomic E-state index is -3.52. The van der Waals surface area contributed by atoms with Crippen molar-refractivity contribution in [1.82, 2.24) is 4.72 Å². The van der Waals surface area contributed by atoms with Crippen molar-refractivity contribution in [1.29, 1.82) is 0 Å². The zero-order chi connectivity index (χ0) is 14.3. The molecule has 1 aromatic rings. The molecular weight excluding hydrogens is 402 g/mol. The van der Waals surface area contributed by atoms with Crippen molar-refractivity contribution in [2.45, 2.75) is 11.3 Å². The van der Waals surface area contributed by atoms with E-state index >= 15 is 0 Å². The molecule has 19 heavy (non-hydrogen) atoms. The molecule has 0 radical (unpaired) electrons. The Kier molecular flexibility index (Phi) is 7.48. The summed E-state index contributed by atoms with van der Waals surface area (Å²) >= 11 is 6.49. The highest BCUT2D eigenvalue weighted by molar-refractivity contribution is 9.11. The van der Waals surface area contributed by atoms with Gasteiger partial charge in [-0.1, -0.05) is 15.9 Å². The van der Waals surface area contributed by atoms with Gasteiger partial charge in [0.05, 0.1) is 18.1 Å². The molecule has 0 aliphatic rings. The molecule has 8 heteroatoms. The Hall–Kier alpha value is 0.01000. The van der Waals surface area contributed by atoms with Gasteiger partial charge in [0.25, 0.3) is 0 Å². The Morgan fingerprint density at radius 1 is 1.26 bits per heavy atom. The lowest BCUT2D eigenvalue weighted by Gasteiger charge is -2.09. The first-order valence-corrected chi connectivity index (χ1v) is 8.67. The largest absolute Gasteiger partial charge is 0.394 e. The summed E-state index contributed by atoms with van der Waals surface area (Å²) in [6.07, 6.45) is 0.549. The van der Waals surface area contributed by atoms with Crippen LogP contribution in [0.25, 0.3) is 0 Å². The SMILES string of the molecule is O=S(=O)(NCCCOCCO)c1ccc(Br)cc1Br. The smallest absolute Gasteiger partial charge is 0.241 e. The topological polar surface area (TPSA) is 75.6 Å². The van der Waals surface area contributed by atoms with Gasteiger partial charge in [-0.05, 0) is 40.5 Å². The normalized spacial score (nSPS) is 11.7. The van der Waals surface area contributed by atoms with E-state index in [2.05, 4.69) is 36.6 Å². The summed E-state index contributed by atoms with van der Waals surface area (Å²) in [5.74, 6) is 0.